The van der Waals surface area contributed by atoms with Gasteiger partial charge in [-0.2, -0.15) is 0 Å². The zero-order chi connectivity index (χ0) is 11.7. The lowest BCUT2D eigenvalue weighted by atomic mass is 10.1. The first kappa shape index (κ1) is 11.0. The molecule has 0 saturated carbocycles. The van der Waals surface area contributed by atoms with Crippen LogP contribution in [0.25, 0.3) is 10.9 Å². The van der Waals surface area contributed by atoms with Gasteiger partial charge in [0.1, 0.15) is 0 Å². The summed E-state index contributed by atoms with van der Waals surface area (Å²) in [6, 6.07) is 6.43. The number of fused-ring (bicyclic) bond motifs is 1. The van der Waals surface area contributed by atoms with Crippen molar-refractivity contribution in [1.29, 1.82) is 0 Å². The first-order valence-electron chi connectivity index (χ1n) is 5.52. The molecule has 3 heteroatoms. The van der Waals surface area contributed by atoms with Crippen LogP contribution in [0.5, 0.6) is 0 Å². The molecular weight excluding hydrogens is 200 g/mol. The normalized spacial score (nSPS) is 11.5. The number of nitrogens with two attached hydrogens (primary N) is 1. The lowest BCUT2D eigenvalue weighted by Crippen LogP contribution is -2.00. The smallest absolute Gasteiger partial charge is 0.0733 e. The zero-order valence-electron chi connectivity index (χ0n) is 10.0. The summed E-state index contributed by atoms with van der Waals surface area (Å²) in [4.78, 5) is 0. The van der Waals surface area contributed by atoms with Gasteiger partial charge < -0.3 is 15.0 Å². The number of anilines is 1. The van der Waals surface area contributed by atoms with Gasteiger partial charge in [0, 0.05) is 30.3 Å². The monoisotopic (exact) mass is 218 g/mol. The van der Waals surface area contributed by atoms with Crippen LogP contribution >= 0.6 is 0 Å². The molecule has 0 spiro atoms. The summed E-state index contributed by atoms with van der Waals surface area (Å²) < 4.78 is 7.42. The lowest BCUT2D eigenvalue weighted by Gasteiger charge is -2.10. The van der Waals surface area contributed by atoms with Gasteiger partial charge in [-0.15, -0.1) is 0 Å². The minimum absolute atomic E-state index is 0.401. The van der Waals surface area contributed by atoms with Crippen molar-refractivity contribution >= 4 is 16.6 Å². The summed E-state index contributed by atoms with van der Waals surface area (Å²) in [6.07, 6.45) is 2.13. The fraction of sp³-hybridized carbons (Fsp3) is 0.385. The number of hydrogen-bond acceptors (Lipinski definition) is 2. The van der Waals surface area contributed by atoms with E-state index < -0.39 is 0 Å². The molecule has 1 heterocycles. The third-order valence-corrected chi connectivity index (χ3v) is 2.82. The van der Waals surface area contributed by atoms with Gasteiger partial charge in [0.15, 0.2) is 0 Å². The van der Waals surface area contributed by atoms with Crippen molar-refractivity contribution < 1.29 is 4.74 Å². The van der Waals surface area contributed by atoms with Gasteiger partial charge in [0.05, 0.1) is 17.8 Å². The molecule has 2 N–H and O–H groups in total. The molecule has 0 saturated heterocycles. The first-order valence-corrected chi connectivity index (χ1v) is 5.52. The number of para-hydroxylation sites is 1. The molecule has 0 bridgehead atoms. The van der Waals surface area contributed by atoms with E-state index in [0.717, 1.165) is 11.2 Å². The Balaban J connectivity index is 2.71. The van der Waals surface area contributed by atoms with E-state index in [1.807, 2.05) is 12.1 Å². The highest BCUT2D eigenvalue weighted by Gasteiger charge is 2.12. The van der Waals surface area contributed by atoms with Crippen LogP contribution in [0.2, 0.25) is 0 Å². The van der Waals surface area contributed by atoms with Crippen LogP contribution in [0.15, 0.2) is 24.4 Å². The molecule has 0 unspecified atom stereocenters. The van der Waals surface area contributed by atoms with Crippen LogP contribution in [0.1, 0.15) is 25.5 Å². The van der Waals surface area contributed by atoms with Crippen molar-refractivity contribution in [2.75, 3.05) is 12.8 Å². The SMILES string of the molecule is COCc1cn(C(C)C)c2c(N)cccc12. The second-order valence-electron chi connectivity index (χ2n) is 4.33. The van der Waals surface area contributed by atoms with Gasteiger partial charge in [-0.05, 0) is 19.9 Å². The van der Waals surface area contributed by atoms with Gasteiger partial charge in [0.2, 0.25) is 0 Å². The summed E-state index contributed by atoms with van der Waals surface area (Å²) in [7, 11) is 1.71. The van der Waals surface area contributed by atoms with E-state index >= 15 is 0 Å². The Hall–Kier alpha value is -1.48. The van der Waals surface area contributed by atoms with E-state index in [1.54, 1.807) is 7.11 Å². The van der Waals surface area contributed by atoms with Crippen molar-refractivity contribution in [2.45, 2.75) is 26.5 Å². The van der Waals surface area contributed by atoms with Crippen molar-refractivity contribution in [3.63, 3.8) is 0 Å². The van der Waals surface area contributed by atoms with E-state index in [4.69, 9.17) is 10.5 Å². The average Bonchev–Trinajstić information content (AvgIpc) is 2.60. The van der Waals surface area contributed by atoms with E-state index in [9.17, 15) is 0 Å². The average molecular weight is 218 g/mol. The Labute approximate surface area is 95.8 Å². The maximum atomic E-state index is 6.04. The van der Waals surface area contributed by atoms with Crippen molar-refractivity contribution in [2.24, 2.45) is 0 Å². The predicted molar refractivity (Wildman–Crippen MR) is 67.4 cm³/mol. The summed E-state index contributed by atoms with van der Waals surface area (Å²) >= 11 is 0. The number of rotatable bonds is 3. The fourth-order valence-electron chi connectivity index (χ4n) is 2.09. The summed E-state index contributed by atoms with van der Waals surface area (Å²) in [5.74, 6) is 0. The summed E-state index contributed by atoms with van der Waals surface area (Å²) in [6.45, 7) is 4.94. The Morgan fingerprint density at radius 3 is 2.75 bits per heavy atom. The molecule has 3 nitrogen and oxygen atoms in total. The second kappa shape index (κ2) is 4.18. The van der Waals surface area contributed by atoms with Gasteiger partial charge in [-0.25, -0.2) is 0 Å². The molecule has 86 valence electrons. The quantitative estimate of drug-likeness (QED) is 0.804. The first-order chi connectivity index (χ1) is 7.65. The predicted octanol–water partition coefficient (Wildman–Crippen LogP) is 2.95. The number of methoxy groups -OCH3 is 1. The number of hydrogen-bond donors (Lipinski definition) is 1. The van der Waals surface area contributed by atoms with Gasteiger partial charge in [-0.1, -0.05) is 12.1 Å². The molecule has 0 aliphatic carbocycles. The topological polar surface area (TPSA) is 40.2 Å². The molecule has 0 aliphatic rings. The minimum atomic E-state index is 0.401. The molecule has 0 atom stereocenters. The van der Waals surface area contributed by atoms with E-state index in [2.05, 4.69) is 30.7 Å². The van der Waals surface area contributed by atoms with Crippen LogP contribution in [0, 0.1) is 0 Å². The molecule has 2 rings (SSSR count). The summed E-state index contributed by atoms with van der Waals surface area (Å²) in [5, 5.41) is 1.19. The molecule has 0 amide bonds. The minimum Gasteiger partial charge on any atom is -0.397 e. The highest BCUT2D eigenvalue weighted by molar-refractivity contribution is 5.93. The van der Waals surface area contributed by atoms with Crippen LogP contribution < -0.4 is 5.73 Å². The molecule has 0 fully saturated rings. The van der Waals surface area contributed by atoms with Gasteiger partial charge in [-0.3, -0.25) is 0 Å². The van der Waals surface area contributed by atoms with Crippen LogP contribution in [0.3, 0.4) is 0 Å². The van der Waals surface area contributed by atoms with E-state index in [0.29, 0.717) is 12.6 Å². The Bertz CT molecular complexity index is 500. The van der Waals surface area contributed by atoms with Gasteiger partial charge >= 0.3 is 0 Å². The highest BCUT2D eigenvalue weighted by Crippen LogP contribution is 2.29. The lowest BCUT2D eigenvalue weighted by molar-refractivity contribution is 0.185. The van der Waals surface area contributed by atoms with Crippen LogP contribution in [-0.2, 0) is 11.3 Å². The molecule has 0 radical (unpaired) electrons. The molecule has 1 aromatic heterocycles. The Morgan fingerprint density at radius 1 is 1.38 bits per heavy atom. The molecule has 1 aromatic carbocycles. The fourth-order valence-corrected chi connectivity index (χ4v) is 2.09. The number of ether oxygens (including phenoxy) is 1. The Morgan fingerprint density at radius 2 is 2.12 bits per heavy atom. The third-order valence-electron chi connectivity index (χ3n) is 2.82. The van der Waals surface area contributed by atoms with Crippen molar-refractivity contribution in [1.82, 2.24) is 4.57 Å². The number of nitrogen functional groups attached to an aromatic ring is 1. The maximum absolute atomic E-state index is 6.04. The Kier molecular flexibility index (Phi) is 2.88. The van der Waals surface area contributed by atoms with E-state index in [1.165, 1.54) is 10.9 Å². The largest absolute Gasteiger partial charge is 0.397 e. The molecule has 16 heavy (non-hydrogen) atoms. The van der Waals surface area contributed by atoms with Gasteiger partial charge in [0.25, 0.3) is 0 Å². The van der Waals surface area contributed by atoms with Crippen LogP contribution in [0.4, 0.5) is 5.69 Å². The zero-order valence-corrected chi connectivity index (χ0v) is 10.0. The van der Waals surface area contributed by atoms with Crippen molar-refractivity contribution in [3.8, 4) is 0 Å². The second-order valence-corrected chi connectivity index (χ2v) is 4.33. The van der Waals surface area contributed by atoms with Crippen molar-refractivity contribution in [3.05, 3.63) is 30.0 Å². The summed E-state index contributed by atoms with van der Waals surface area (Å²) in [5.41, 5.74) is 9.18. The van der Waals surface area contributed by atoms with E-state index in [-0.39, 0.29) is 0 Å². The van der Waals surface area contributed by atoms with Crippen LogP contribution in [-0.4, -0.2) is 11.7 Å². The number of nitrogens with zero attached hydrogens (tertiary/aromatic N) is 1. The molecular formula is C13H18N2O. The molecule has 2 aromatic rings. The standard InChI is InChI=1S/C13H18N2O/c1-9(2)15-7-10(8-16-3)11-5-4-6-12(14)13(11)15/h4-7,9H,8,14H2,1-3H3. The third kappa shape index (κ3) is 1.67. The number of benzene rings is 1. The molecule has 0 aliphatic heterocycles. The highest BCUT2D eigenvalue weighted by atomic mass is 16.5. The number of aromatic nitrogens is 1. The maximum Gasteiger partial charge on any atom is 0.0733 e.